The number of anilines is 2. The number of ketones is 2. The highest BCUT2D eigenvalue weighted by molar-refractivity contribution is 6.30. The van der Waals surface area contributed by atoms with Crippen molar-refractivity contribution in [2.24, 2.45) is 4.99 Å². The van der Waals surface area contributed by atoms with Crippen LogP contribution in [-0.2, 0) is 6.54 Å². The van der Waals surface area contributed by atoms with Crippen LogP contribution in [0.15, 0.2) is 53.5 Å². The topological polar surface area (TPSA) is 151 Å². The Bertz CT molecular complexity index is 1420. The molecule has 32 heavy (non-hydrogen) atoms. The van der Waals surface area contributed by atoms with Crippen molar-refractivity contribution in [2.45, 2.75) is 6.54 Å². The lowest BCUT2D eigenvalue weighted by atomic mass is 9.90. The van der Waals surface area contributed by atoms with Gasteiger partial charge in [-0.15, -0.1) is 0 Å². The van der Waals surface area contributed by atoms with Crippen molar-refractivity contribution >= 4 is 40.9 Å². The van der Waals surface area contributed by atoms with Crippen LogP contribution in [-0.4, -0.2) is 29.5 Å². The number of rotatable bonds is 4. The molecule has 0 atom stereocenters. The van der Waals surface area contributed by atoms with Crippen LogP contribution in [0.25, 0.3) is 0 Å². The molecule has 2 aliphatic rings. The minimum absolute atomic E-state index is 0.000722. The summed E-state index contributed by atoms with van der Waals surface area (Å²) in [7, 11) is 0. The van der Waals surface area contributed by atoms with Crippen LogP contribution in [0, 0.1) is 5.41 Å². The van der Waals surface area contributed by atoms with Crippen molar-refractivity contribution in [1.82, 2.24) is 5.32 Å². The number of fused-ring (bicyclic) bond motifs is 2. The van der Waals surface area contributed by atoms with Crippen LogP contribution in [0.3, 0.4) is 0 Å². The van der Waals surface area contributed by atoms with Gasteiger partial charge in [0.2, 0.25) is 0 Å². The number of hydrogen-bond acceptors (Lipinski definition) is 7. The fourth-order valence-electron chi connectivity index (χ4n) is 4.08. The second-order valence-corrected chi connectivity index (χ2v) is 7.59. The smallest absolute Gasteiger partial charge is 0.259 e. The molecule has 0 aliphatic carbocycles. The van der Waals surface area contributed by atoms with E-state index in [4.69, 9.17) is 16.9 Å². The van der Waals surface area contributed by atoms with Gasteiger partial charge in [-0.05, 0) is 23.3 Å². The minimum atomic E-state index is -0.589. The summed E-state index contributed by atoms with van der Waals surface area (Å²) in [6.07, 6.45) is 1.76. The maximum Gasteiger partial charge on any atom is 0.259 e. The van der Waals surface area contributed by atoms with Crippen LogP contribution in [0.5, 0.6) is 0 Å². The van der Waals surface area contributed by atoms with Crippen LogP contribution < -0.4 is 16.8 Å². The molecule has 0 saturated heterocycles. The van der Waals surface area contributed by atoms with Crippen LogP contribution in [0.1, 0.15) is 58.9 Å². The van der Waals surface area contributed by atoms with Gasteiger partial charge in [0, 0.05) is 34.2 Å². The van der Waals surface area contributed by atoms with E-state index >= 15 is 0 Å². The number of amides is 1. The maximum absolute atomic E-state index is 13.5. The van der Waals surface area contributed by atoms with E-state index < -0.39 is 11.7 Å². The van der Waals surface area contributed by atoms with E-state index in [1.807, 2.05) is 6.07 Å². The van der Waals surface area contributed by atoms with Gasteiger partial charge in [-0.2, -0.15) is 0 Å². The number of nitrogens with zero attached hydrogens (tertiary/aromatic N) is 1. The second-order valence-electron chi connectivity index (χ2n) is 7.59. The number of benzene rings is 3. The summed E-state index contributed by atoms with van der Waals surface area (Å²) < 4.78 is 0. The molecule has 0 aromatic heterocycles. The molecule has 3 aromatic rings. The molecule has 8 heteroatoms. The van der Waals surface area contributed by atoms with Crippen LogP contribution >= 0.6 is 0 Å². The van der Waals surface area contributed by atoms with Gasteiger partial charge in [-0.25, -0.2) is 0 Å². The molecule has 0 fully saturated rings. The highest BCUT2D eigenvalue weighted by atomic mass is 16.2. The lowest BCUT2D eigenvalue weighted by molar-refractivity contribution is 0.0982. The largest absolute Gasteiger partial charge is 0.398 e. The first-order valence-electron chi connectivity index (χ1n) is 9.80. The molecule has 8 nitrogen and oxygen atoms in total. The lowest BCUT2D eigenvalue weighted by Gasteiger charge is -2.13. The zero-order valence-electron chi connectivity index (χ0n) is 16.7. The normalized spacial score (nSPS) is 13.6. The average molecular weight is 423 g/mol. The highest BCUT2D eigenvalue weighted by Crippen LogP contribution is 2.33. The van der Waals surface area contributed by atoms with E-state index in [1.54, 1.807) is 36.5 Å². The summed E-state index contributed by atoms with van der Waals surface area (Å²) >= 11 is 0. The summed E-state index contributed by atoms with van der Waals surface area (Å²) in [6.45, 7) is 0.513. The molecule has 1 amide bonds. The number of hydrogen-bond donors (Lipinski definition) is 4. The Balaban J connectivity index is 1.59. The van der Waals surface area contributed by atoms with E-state index in [0.29, 0.717) is 12.1 Å². The number of carbonyl (C=O) groups excluding carboxylic acids is 3. The third-order valence-electron chi connectivity index (χ3n) is 5.67. The molecule has 0 spiro atoms. The van der Waals surface area contributed by atoms with Crippen molar-refractivity contribution < 1.29 is 14.4 Å². The molecule has 2 heterocycles. The number of carbonyl (C=O) groups is 3. The zero-order chi connectivity index (χ0) is 22.6. The number of nitrogen functional groups attached to an aromatic ring is 2. The molecule has 0 radical (unpaired) electrons. The Hall–Kier alpha value is -4.59. The predicted molar refractivity (Wildman–Crippen MR) is 121 cm³/mol. The molecule has 5 rings (SSSR count). The van der Waals surface area contributed by atoms with Gasteiger partial charge in [0.25, 0.3) is 5.91 Å². The van der Waals surface area contributed by atoms with E-state index in [2.05, 4.69) is 10.3 Å². The Morgan fingerprint density at radius 1 is 0.938 bits per heavy atom. The predicted octanol–water partition coefficient (Wildman–Crippen LogP) is 2.31. The molecule has 156 valence electrons. The number of amidine groups is 1. The van der Waals surface area contributed by atoms with Gasteiger partial charge >= 0.3 is 0 Å². The van der Waals surface area contributed by atoms with Crippen molar-refractivity contribution in [3.63, 3.8) is 0 Å². The Morgan fingerprint density at radius 3 is 2.41 bits per heavy atom. The second kappa shape index (κ2) is 6.98. The van der Waals surface area contributed by atoms with Gasteiger partial charge < -0.3 is 16.8 Å². The van der Waals surface area contributed by atoms with Gasteiger partial charge in [0.1, 0.15) is 5.84 Å². The highest BCUT2D eigenvalue weighted by Gasteiger charge is 2.32. The SMILES string of the molecule is N=C1NC(=O)c2c(N)c(C(=O)c3ccccc3C(=O)c3ccc4c(c3)CN=C4)cc(N)c21. The fraction of sp³-hybridized carbons (Fsp3) is 0.0417. The average Bonchev–Trinajstić information content (AvgIpc) is 3.38. The molecule has 0 saturated carbocycles. The van der Waals surface area contributed by atoms with Crippen molar-refractivity contribution in [1.29, 1.82) is 5.41 Å². The zero-order valence-corrected chi connectivity index (χ0v) is 16.7. The van der Waals surface area contributed by atoms with Gasteiger partial charge in [0.15, 0.2) is 11.6 Å². The summed E-state index contributed by atoms with van der Waals surface area (Å²) in [6, 6.07) is 13.1. The van der Waals surface area contributed by atoms with Gasteiger partial charge in [0.05, 0.1) is 23.4 Å². The van der Waals surface area contributed by atoms with E-state index in [0.717, 1.165) is 11.1 Å². The Labute approximate surface area is 182 Å². The van der Waals surface area contributed by atoms with Gasteiger partial charge in [-0.3, -0.25) is 24.8 Å². The number of aliphatic imine (C=N–C) groups is 1. The first-order valence-corrected chi connectivity index (χ1v) is 9.80. The van der Waals surface area contributed by atoms with E-state index in [1.165, 1.54) is 12.1 Å². The number of nitrogens with two attached hydrogens (primary N) is 2. The Kier molecular flexibility index (Phi) is 4.23. The molecule has 0 bridgehead atoms. The van der Waals surface area contributed by atoms with E-state index in [9.17, 15) is 14.4 Å². The van der Waals surface area contributed by atoms with E-state index in [-0.39, 0.29) is 50.8 Å². The summed E-state index contributed by atoms with van der Waals surface area (Å²) in [5, 5.41) is 10.2. The summed E-state index contributed by atoms with van der Waals surface area (Å²) in [5.41, 5.74) is 15.1. The molecular formula is C24H17N5O3. The Morgan fingerprint density at radius 2 is 1.66 bits per heavy atom. The van der Waals surface area contributed by atoms with Crippen LogP contribution in [0.4, 0.5) is 11.4 Å². The van der Waals surface area contributed by atoms with Crippen molar-refractivity contribution in [2.75, 3.05) is 11.5 Å². The van der Waals surface area contributed by atoms with Crippen molar-refractivity contribution in [3.05, 3.63) is 93.0 Å². The monoisotopic (exact) mass is 423 g/mol. The standard InChI is InChI=1S/C24H17N5O3/c25-17-8-16(20(26)19-18(17)23(27)29-24(19)32)22(31)15-4-2-1-3-14(15)21(30)11-5-6-12-9-28-10-13(12)7-11/h1-9H,10,25-26H2,(H2,27,29,32). The third-order valence-corrected chi connectivity index (χ3v) is 5.67. The van der Waals surface area contributed by atoms with Crippen molar-refractivity contribution in [3.8, 4) is 0 Å². The molecular weight excluding hydrogens is 406 g/mol. The lowest BCUT2D eigenvalue weighted by Crippen LogP contribution is -2.20. The molecule has 3 aromatic carbocycles. The minimum Gasteiger partial charge on any atom is -0.398 e. The summed E-state index contributed by atoms with van der Waals surface area (Å²) in [4.78, 5) is 43.2. The summed E-state index contributed by atoms with van der Waals surface area (Å²) in [5.74, 6) is -1.59. The first kappa shape index (κ1) is 19.4. The molecule has 0 unspecified atom stereocenters. The first-order chi connectivity index (χ1) is 15.4. The fourth-order valence-corrected chi connectivity index (χ4v) is 4.08. The van der Waals surface area contributed by atoms with Crippen LogP contribution in [0.2, 0.25) is 0 Å². The number of nitrogens with one attached hydrogen (secondary N) is 2. The maximum atomic E-state index is 13.5. The van der Waals surface area contributed by atoms with Gasteiger partial charge in [-0.1, -0.05) is 36.4 Å². The quantitative estimate of drug-likeness (QED) is 0.375. The molecule has 6 N–H and O–H groups in total. The third kappa shape index (κ3) is 2.81. The molecule has 2 aliphatic heterocycles.